The van der Waals surface area contributed by atoms with Crippen molar-refractivity contribution in [2.45, 2.75) is 0 Å². The van der Waals surface area contributed by atoms with Crippen molar-refractivity contribution in [1.82, 2.24) is 4.57 Å². The van der Waals surface area contributed by atoms with Crippen LogP contribution in [0.1, 0.15) is 5.56 Å². The third-order valence-corrected chi connectivity index (χ3v) is 6.81. The number of hydrogen-bond acceptors (Lipinski definition) is 3. The molecule has 178 valence electrons. The molecule has 37 heavy (non-hydrogen) atoms. The summed E-state index contributed by atoms with van der Waals surface area (Å²) in [6.45, 7) is 0. The standard InChI is InChI=1S/C33H24N2O2/c1-36-25-13-15-31-29(19-25)30-20-26(37-2)14-16-32(30)35(31)33-27(23-9-5-3-6-10-23)17-22(21-34)18-28(33)24-11-7-4-8-12-24/h3-20H,1-2H3. The van der Waals surface area contributed by atoms with Crippen molar-refractivity contribution in [3.05, 3.63) is 115 Å². The molecular weight excluding hydrogens is 456 g/mol. The van der Waals surface area contributed by atoms with Crippen LogP contribution < -0.4 is 9.47 Å². The average molecular weight is 481 g/mol. The Morgan fingerprint density at radius 2 is 1.05 bits per heavy atom. The van der Waals surface area contributed by atoms with Gasteiger partial charge in [-0.2, -0.15) is 5.26 Å². The van der Waals surface area contributed by atoms with Gasteiger partial charge in [-0.15, -0.1) is 0 Å². The van der Waals surface area contributed by atoms with Crippen molar-refractivity contribution in [3.8, 4) is 45.5 Å². The number of rotatable bonds is 5. The van der Waals surface area contributed by atoms with E-state index in [1.54, 1.807) is 14.2 Å². The van der Waals surface area contributed by atoms with E-state index in [0.717, 1.165) is 61.2 Å². The number of benzene rings is 5. The zero-order chi connectivity index (χ0) is 25.4. The molecule has 0 spiro atoms. The maximum atomic E-state index is 9.98. The number of nitriles is 1. The van der Waals surface area contributed by atoms with Crippen LogP contribution in [0.3, 0.4) is 0 Å². The number of ether oxygens (including phenoxy) is 2. The van der Waals surface area contributed by atoms with Crippen LogP contribution in [0.2, 0.25) is 0 Å². The van der Waals surface area contributed by atoms with Crippen molar-refractivity contribution in [2.24, 2.45) is 0 Å². The van der Waals surface area contributed by atoms with Gasteiger partial charge >= 0.3 is 0 Å². The fraction of sp³-hybridized carbons (Fsp3) is 0.0606. The second kappa shape index (κ2) is 9.22. The summed E-state index contributed by atoms with van der Waals surface area (Å²) in [6.07, 6.45) is 0. The highest BCUT2D eigenvalue weighted by Gasteiger charge is 2.21. The van der Waals surface area contributed by atoms with E-state index >= 15 is 0 Å². The molecule has 0 saturated heterocycles. The minimum absolute atomic E-state index is 0.616. The number of nitrogens with zero attached hydrogens (tertiary/aromatic N) is 2. The summed E-state index contributed by atoms with van der Waals surface area (Å²) in [6, 6.07) is 39.2. The molecule has 0 radical (unpaired) electrons. The Labute approximate surface area is 215 Å². The van der Waals surface area contributed by atoms with E-state index in [2.05, 4.69) is 59.2 Å². The summed E-state index contributed by atoms with van der Waals surface area (Å²) < 4.78 is 13.5. The molecule has 0 saturated carbocycles. The van der Waals surface area contributed by atoms with Gasteiger partial charge in [0.05, 0.1) is 42.6 Å². The largest absolute Gasteiger partial charge is 0.497 e. The van der Waals surface area contributed by atoms with Crippen molar-refractivity contribution < 1.29 is 9.47 Å². The van der Waals surface area contributed by atoms with E-state index in [9.17, 15) is 5.26 Å². The van der Waals surface area contributed by atoms with Gasteiger partial charge in [-0.1, -0.05) is 60.7 Å². The van der Waals surface area contributed by atoms with Crippen LogP contribution in [0, 0.1) is 11.3 Å². The highest BCUT2D eigenvalue weighted by molar-refractivity contribution is 6.11. The number of fused-ring (bicyclic) bond motifs is 3. The van der Waals surface area contributed by atoms with Crippen LogP contribution >= 0.6 is 0 Å². The molecular formula is C33H24N2O2. The lowest BCUT2D eigenvalue weighted by molar-refractivity contribution is 0.415. The van der Waals surface area contributed by atoms with Crippen LogP contribution in [-0.4, -0.2) is 18.8 Å². The Bertz CT molecular complexity index is 1670. The zero-order valence-electron chi connectivity index (χ0n) is 20.6. The Kier molecular flexibility index (Phi) is 5.59. The molecule has 0 N–H and O–H groups in total. The highest BCUT2D eigenvalue weighted by Crippen LogP contribution is 2.43. The monoisotopic (exact) mass is 480 g/mol. The number of hydrogen-bond donors (Lipinski definition) is 0. The van der Waals surface area contributed by atoms with Crippen LogP contribution in [0.25, 0.3) is 49.7 Å². The van der Waals surface area contributed by atoms with E-state index in [4.69, 9.17) is 9.47 Å². The summed E-state index contributed by atoms with van der Waals surface area (Å²) in [5.74, 6) is 1.58. The van der Waals surface area contributed by atoms with Gasteiger partial charge in [0.1, 0.15) is 11.5 Å². The third-order valence-electron chi connectivity index (χ3n) is 6.81. The van der Waals surface area contributed by atoms with Gasteiger partial charge in [0.2, 0.25) is 0 Å². The second-order valence-electron chi connectivity index (χ2n) is 8.87. The third kappa shape index (κ3) is 3.78. The van der Waals surface area contributed by atoms with Crippen molar-refractivity contribution >= 4 is 21.8 Å². The maximum absolute atomic E-state index is 9.98. The van der Waals surface area contributed by atoms with E-state index in [0.29, 0.717) is 5.56 Å². The van der Waals surface area contributed by atoms with Gasteiger partial charge in [0, 0.05) is 21.9 Å². The SMILES string of the molecule is COc1ccc2c(c1)c1cc(OC)ccc1n2-c1c(-c2ccccc2)cc(C#N)cc1-c1ccccc1. The first-order valence-corrected chi connectivity index (χ1v) is 12.1. The van der Waals surface area contributed by atoms with Crippen molar-refractivity contribution in [3.63, 3.8) is 0 Å². The van der Waals surface area contributed by atoms with Gasteiger partial charge in [0.15, 0.2) is 0 Å². The van der Waals surface area contributed by atoms with Crippen LogP contribution in [0.4, 0.5) is 0 Å². The molecule has 1 heterocycles. The van der Waals surface area contributed by atoms with Crippen LogP contribution in [0.5, 0.6) is 11.5 Å². The maximum Gasteiger partial charge on any atom is 0.119 e. The Balaban J connectivity index is 1.82. The van der Waals surface area contributed by atoms with Gasteiger partial charge in [0.25, 0.3) is 0 Å². The van der Waals surface area contributed by atoms with Crippen LogP contribution in [-0.2, 0) is 0 Å². The molecule has 0 atom stereocenters. The quantitative estimate of drug-likeness (QED) is 0.251. The summed E-state index contributed by atoms with van der Waals surface area (Å²) in [7, 11) is 3.37. The number of methoxy groups -OCH3 is 2. The van der Waals surface area contributed by atoms with E-state index in [1.165, 1.54) is 0 Å². The van der Waals surface area contributed by atoms with Gasteiger partial charge in [-0.25, -0.2) is 0 Å². The van der Waals surface area contributed by atoms with E-state index in [1.807, 2.05) is 60.7 Å². The highest BCUT2D eigenvalue weighted by atomic mass is 16.5. The average Bonchev–Trinajstić information content (AvgIpc) is 3.29. The van der Waals surface area contributed by atoms with Gasteiger partial charge < -0.3 is 14.0 Å². The molecule has 0 amide bonds. The first-order valence-electron chi connectivity index (χ1n) is 12.1. The minimum Gasteiger partial charge on any atom is -0.497 e. The first kappa shape index (κ1) is 22.5. The summed E-state index contributed by atoms with van der Waals surface area (Å²) in [5.41, 5.74) is 7.80. The Morgan fingerprint density at radius 1 is 0.595 bits per heavy atom. The topological polar surface area (TPSA) is 47.2 Å². The summed E-state index contributed by atoms with van der Waals surface area (Å²) >= 11 is 0. The Hall–Kier alpha value is -5.01. The Morgan fingerprint density at radius 3 is 1.46 bits per heavy atom. The zero-order valence-corrected chi connectivity index (χ0v) is 20.6. The number of aromatic nitrogens is 1. The van der Waals surface area contributed by atoms with Gasteiger partial charge in [-0.05, 0) is 59.7 Å². The molecule has 0 aliphatic rings. The fourth-order valence-electron chi connectivity index (χ4n) is 5.09. The molecule has 0 aliphatic heterocycles. The molecule has 0 aliphatic carbocycles. The van der Waals surface area contributed by atoms with E-state index < -0.39 is 0 Å². The van der Waals surface area contributed by atoms with Crippen molar-refractivity contribution in [1.29, 1.82) is 5.26 Å². The lowest BCUT2D eigenvalue weighted by Crippen LogP contribution is -2.02. The second-order valence-corrected chi connectivity index (χ2v) is 8.87. The first-order chi connectivity index (χ1) is 18.2. The predicted octanol–water partition coefficient (Wildman–Crippen LogP) is 8.01. The van der Waals surface area contributed by atoms with Crippen molar-refractivity contribution in [2.75, 3.05) is 14.2 Å². The molecule has 0 unspecified atom stereocenters. The van der Waals surface area contributed by atoms with E-state index in [-0.39, 0.29) is 0 Å². The summed E-state index contributed by atoms with van der Waals surface area (Å²) in [5, 5.41) is 12.1. The predicted molar refractivity (Wildman–Crippen MR) is 149 cm³/mol. The molecule has 6 aromatic rings. The van der Waals surface area contributed by atoms with Gasteiger partial charge in [-0.3, -0.25) is 0 Å². The molecule has 5 aromatic carbocycles. The summed E-state index contributed by atoms with van der Waals surface area (Å²) in [4.78, 5) is 0. The molecule has 1 aromatic heterocycles. The normalized spacial score (nSPS) is 10.9. The lowest BCUT2D eigenvalue weighted by atomic mass is 9.93. The molecule has 0 fully saturated rings. The fourth-order valence-corrected chi connectivity index (χ4v) is 5.09. The minimum atomic E-state index is 0.616. The smallest absolute Gasteiger partial charge is 0.119 e. The molecule has 4 heteroatoms. The lowest BCUT2D eigenvalue weighted by Gasteiger charge is -2.20. The van der Waals surface area contributed by atoms with Crippen LogP contribution in [0.15, 0.2) is 109 Å². The molecule has 0 bridgehead atoms. The molecule has 4 nitrogen and oxygen atoms in total. The molecule has 6 rings (SSSR count).